The minimum atomic E-state index is -1.01. The van der Waals surface area contributed by atoms with E-state index in [0.717, 1.165) is 12.3 Å². The number of hydrogen-bond donors (Lipinski definition) is 3. The molecule has 1 fully saturated rings. The van der Waals surface area contributed by atoms with Crippen molar-refractivity contribution in [3.63, 3.8) is 0 Å². The van der Waals surface area contributed by atoms with Crippen molar-refractivity contribution in [1.82, 2.24) is 9.88 Å². The second kappa shape index (κ2) is 10.8. The molecular formula is C25H31N3O4. The second-order valence-electron chi connectivity index (χ2n) is 8.04. The highest BCUT2D eigenvalue weighted by Gasteiger charge is 2.17. The van der Waals surface area contributed by atoms with Crippen LogP contribution in [0.4, 0.5) is 5.69 Å². The zero-order valence-electron chi connectivity index (χ0n) is 18.9. The zero-order chi connectivity index (χ0) is 23.1. The fourth-order valence-corrected chi connectivity index (χ4v) is 4.06. The van der Waals surface area contributed by atoms with Gasteiger partial charge in [-0.05, 0) is 68.8 Å². The molecule has 0 unspecified atom stereocenters. The molecule has 1 saturated heterocycles. The van der Waals surface area contributed by atoms with E-state index in [9.17, 15) is 9.59 Å². The Balaban J connectivity index is 0.000000195. The summed E-state index contributed by atoms with van der Waals surface area (Å²) in [6.45, 7) is 6.92. The number of methoxy groups -OCH3 is 1. The van der Waals surface area contributed by atoms with Gasteiger partial charge in [-0.1, -0.05) is 12.5 Å². The van der Waals surface area contributed by atoms with Crippen LogP contribution in [0, 0.1) is 6.92 Å². The number of hydrogen-bond acceptors (Lipinski definition) is 4. The van der Waals surface area contributed by atoms with Crippen molar-refractivity contribution in [3.8, 4) is 5.75 Å². The number of aromatic carboxylic acids is 1. The maximum Gasteiger partial charge on any atom is 0.335 e. The molecule has 0 spiro atoms. The van der Waals surface area contributed by atoms with Crippen molar-refractivity contribution in [2.24, 2.45) is 0 Å². The van der Waals surface area contributed by atoms with Crippen LogP contribution in [0.3, 0.4) is 0 Å². The number of ether oxygens (including phenoxy) is 1. The molecule has 2 heterocycles. The highest BCUT2D eigenvalue weighted by molar-refractivity contribution is 5.92. The van der Waals surface area contributed by atoms with Crippen LogP contribution in [0.25, 0.3) is 10.9 Å². The summed E-state index contributed by atoms with van der Waals surface area (Å²) in [5, 5.41) is 12.4. The first kappa shape index (κ1) is 23.3. The summed E-state index contributed by atoms with van der Waals surface area (Å²) in [5.74, 6) is -0.204. The third-order valence-electron chi connectivity index (χ3n) is 5.59. The molecular weight excluding hydrogens is 406 g/mol. The number of carbonyl (C=O) groups is 2. The molecule has 170 valence electrons. The Kier molecular flexibility index (Phi) is 7.89. The molecule has 1 aromatic heterocycles. The van der Waals surface area contributed by atoms with E-state index in [1.165, 1.54) is 73.4 Å². The van der Waals surface area contributed by atoms with Gasteiger partial charge in [0, 0.05) is 41.8 Å². The van der Waals surface area contributed by atoms with Gasteiger partial charge in [-0.25, -0.2) is 4.79 Å². The van der Waals surface area contributed by atoms with Crippen molar-refractivity contribution < 1.29 is 19.4 Å². The Morgan fingerprint density at radius 1 is 1.16 bits per heavy atom. The van der Waals surface area contributed by atoms with E-state index in [2.05, 4.69) is 34.3 Å². The van der Waals surface area contributed by atoms with Crippen molar-refractivity contribution in [2.75, 3.05) is 25.5 Å². The lowest BCUT2D eigenvalue weighted by Crippen LogP contribution is -2.29. The molecule has 1 amide bonds. The fraction of sp³-hybridized carbons (Fsp3) is 0.360. The van der Waals surface area contributed by atoms with Crippen LogP contribution in [0.2, 0.25) is 0 Å². The minimum absolute atomic E-state index is 0.159. The number of benzene rings is 2. The van der Waals surface area contributed by atoms with Crippen LogP contribution in [0.1, 0.15) is 47.7 Å². The number of carboxylic acids is 1. The number of carbonyl (C=O) groups excluding carboxylic acids is 1. The van der Waals surface area contributed by atoms with E-state index in [1.807, 2.05) is 6.20 Å². The number of amides is 1. The minimum Gasteiger partial charge on any atom is -0.496 e. The van der Waals surface area contributed by atoms with Crippen molar-refractivity contribution in [3.05, 3.63) is 59.3 Å². The molecule has 0 bridgehead atoms. The predicted molar refractivity (Wildman–Crippen MR) is 126 cm³/mol. The van der Waals surface area contributed by atoms with Crippen LogP contribution in [0.15, 0.2) is 42.6 Å². The third kappa shape index (κ3) is 5.88. The predicted octanol–water partition coefficient (Wildman–Crippen LogP) is 4.81. The third-order valence-corrected chi connectivity index (χ3v) is 5.59. The smallest absolute Gasteiger partial charge is 0.335 e. The van der Waals surface area contributed by atoms with Gasteiger partial charge in [-0.3, -0.25) is 9.69 Å². The number of likely N-dealkylation sites (tertiary alicyclic amines) is 1. The highest BCUT2D eigenvalue weighted by Crippen LogP contribution is 2.32. The van der Waals surface area contributed by atoms with Gasteiger partial charge in [0.2, 0.25) is 5.91 Å². The van der Waals surface area contributed by atoms with Crippen LogP contribution in [-0.2, 0) is 11.3 Å². The molecule has 3 aromatic rings. The quantitative estimate of drug-likeness (QED) is 0.532. The molecule has 7 nitrogen and oxygen atoms in total. The molecule has 4 rings (SSSR count). The summed E-state index contributed by atoms with van der Waals surface area (Å²) >= 11 is 0. The van der Waals surface area contributed by atoms with E-state index < -0.39 is 5.97 Å². The number of carboxylic acid groups (broad SMARTS) is 1. The number of anilines is 1. The molecule has 1 aliphatic rings. The molecule has 1 aliphatic heterocycles. The first-order valence-electron chi connectivity index (χ1n) is 10.9. The van der Waals surface area contributed by atoms with Crippen LogP contribution < -0.4 is 10.1 Å². The number of aromatic amines is 1. The topological polar surface area (TPSA) is 94.7 Å². The Hall–Kier alpha value is -3.32. The zero-order valence-corrected chi connectivity index (χ0v) is 18.9. The van der Waals surface area contributed by atoms with Crippen molar-refractivity contribution in [1.29, 1.82) is 0 Å². The molecule has 7 heteroatoms. The monoisotopic (exact) mass is 437 g/mol. The maximum atomic E-state index is 10.6. The summed E-state index contributed by atoms with van der Waals surface area (Å²) in [6, 6.07) is 10.4. The molecule has 0 atom stereocenters. The van der Waals surface area contributed by atoms with Gasteiger partial charge in [0.25, 0.3) is 0 Å². The average Bonchev–Trinajstić information content (AvgIpc) is 3.27. The number of nitrogens with zero attached hydrogens (tertiary/aromatic N) is 1. The van der Waals surface area contributed by atoms with Gasteiger partial charge >= 0.3 is 5.97 Å². The largest absolute Gasteiger partial charge is 0.496 e. The van der Waals surface area contributed by atoms with Gasteiger partial charge in [0.15, 0.2) is 0 Å². The first-order chi connectivity index (χ1) is 15.4. The van der Waals surface area contributed by atoms with Gasteiger partial charge in [0.1, 0.15) is 5.75 Å². The van der Waals surface area contributed by atoms with Crippen LogP contribution in [0.5, 0.6) is 5.75 Å². The number of aryl methyl sites for hydroxylation is 1. The van der Waals surface area contributed by atoms with Crippen molar-refractivity contribution in [2.45, 2.75) is 39.7 Å². The van der Waals surface area contributed by atoms with E-state index in [0.29, 0.717) is 5.69 Å². The molecule has 32 heavy (non-hydrogen) atoms. The molecule has 3 N–H and O–H groups in total. The summed E-state index contributed by atoms with van der Waals surface area (Å²) in [6.07, 6.45) is 6.05. The van der Waals surface area contributed by atoms with Crippen LogP contribution in [-0.4, -0.2) is 47.1 Å². The molecule has 0 saturated carbocycles. The van der Waals surface area contributed by atoms with Crippen LogP contribution >= 0.6 is 0 Å². The number of fused-ring (bicyclic) bond motifs is 1. The summed E-state index contributed by atoms with van der Waals surface area (Å²) < 4.78 is 5.60. The van der Waals surface area contributed by atoms with Gasteiger partial charge in [0.05, 0.1) is 12.7 Å². The number of nitrogens with one attached hydrogen (secondary N) is 2. The van der Waals surface area contributed by atoms with E-state index in [-0.39, 0.29) is 11.5 Å². The number of H-pyrrole nitrogens is 1. The second-order valence-corrected chi connectivity index (χ2v) is 8.04. The van der Waals surface area contributed by atoms with E-state index in [4.69, 9.17) is 9.84 Å². The number of piperidine rings is 1. The Bertz CT molecular complexity index is 1080. The number of rotatable bonds is 5. The number of aromatic nitrogens is 1. The SMILES string of the molecule is CC(=O)Nc1cccc(C(=O)O)c1.COc1cc(C)c2[nH]ccc2c1CN1CCCCC1. The van der Waals surface area contributed by atoms with Crippen molar-refractivity contribution >= 4 is 28.5 Å². The normalized spacial score (nSPS) is 13.8. The first-order valence-corrected chi connectivity index (χ1v) is 10.9. The summed E-state index contributed by atoms with van der Waals surface area (Å²) in [7, 11) is 1.77. The Morgan fingerprint density at radius 2 is 1.91 bits per heavy atom. The Labute approximate surface area is 188 Å². The molecule has 2 aromatic carbocycles. The highest BCUT2D eigenvalue weighted by atomic mass is 16.5. The summed E-state index contributed by atoms with van der Waals surface area (Å²) in [5.41, 5.74) is 4.47. The fourth-order valence-electron chi connectivity index (χ4n) is 4.06. The Morgan fingerprint density at radius 3 is 2.56 bits per heavy atom. The molecule has 0 aliphatic carbocycles. The van der Waals surface area contributed by atoms with Gasteiger partial charge in [-0.2, -0.15) is 0 Å². The standard InChI is InChI=1S/C16H22N2O.C9H9NO3/c1-12-10-15(19-2)14(13-6-7-17-16(12)13)11-18-8-4-3-5-9-18;1-6(11)10-8-4-2-3-7(5-8)9(12)13/h6-7,10,17H,3-5,8-9,11H2,1-2H3;2-5H,1H3,(H,10,11)(H,12,13). The summed E-state index contributed by atoms with van der Waals surface area (Å²) in [4.78, 5) is 27.0. The molecule has 0 radical (unpaired) electrons. The lowest BCUT2D eigenvalue weighted by molar-refractivity contribution is -0.114. The van der Waals surface area contributed by atoms with E-state index >= 15 is 0 Å². The lowest BCUT2D eigenvalue weighted by atomic mass is 10.0. The van der Waals surface area contributed by atoms with E-state index in [1.54, 1.807) is 19.2 Å². The van der Waals surface area contributed by atoms with Gasteiger partial charge < -0.3 is 20.1 Å². The van der Waals surface area contributed by atoms with Gasteiger partial charge in [-0.15, -0.1) is 0 Å². The lowest BCUT2D eigenvalue weighted by Gasteiger charge is -2.27. The maximum absolute atomic E-state index is 10.6. The average molecular weight is 438 g/mol.